The fourth-order valence-corrected chi connectivity index (χ4v) is 2.07. The summed E-state index contributed by atoms with van der Waals surface area (Å²) in [5, 5.41) is 3.33. The van der Waals surface area contributed by atoms with E-state index in [2.05, 4.69) is 18.3 Å². The Kier molecular flexibility index (Phi) is 2.91. The summed E-state index contributed by atoms with van der Waals surface area (Å²) in [5.74, 6) is 1.44. The van der Waals surface area contributed by atoms with E-state index in [-0.39, 0.29) is 0 Å². The van der Waals surface area contributed by atoms with Gasteiger partial charge in [-0.15, -0.1) is 0 Å². The van der Waals surface area contributed by atoms with Crippen LogP contribution in [0.4, 0.5) is 17.1 Å². The van der Waals surface area contributed by atoms with Crippen molar-refractivity contribution in [2.45, 2.75) is 6.92 Å². The molecular formula is C15H16N2O2. The smallest absolute Gasteiger partial charge is 0.163 e. The fraction of sp³-hybridized carbons (Fsp3) is 0.200. The average Bonchev–Trinajstić information content (AvgIpc) is 2.42. The number of nitrogen functional groups attached to an aromatic ring is 1. The highest BCUT2D eigenvalue weighted by Gasteiger charge is 2.14. The summed E-state index contributed by atoms with van der Waals surface area (Å²) < 4.78 is 11.1. The van der Waals surface area contributed by atoms with Gasteiger partial charge in [-0.05, 0) is 18.6 Å². The molecule has 0 aliphatic carbocycles. The summed E-state index contributed by atoms with van der Waals surface area (Å²) in [5.41, 5.74) is 9.72. The van der Waals surface area contributed by atoms with Gasteiger partial charge in [0.1, 0.15) is 13.2 Å². The molecule has 0 spiro atoms. The molecule has 3 rings (SSSR count). The zero-order valence-corrected chi connectivity index (χ0v) is 10.8. The van der Waals surface area contributed by atoms with Crippen molar-refractivity contribution in [3.05, 3.63) is 42.0 Å². The number of hydrogen-bond acceptors (Lipinski definition) is 4. The maximum absolute atomic E-state index is 6.04. The molecule has 4 heteroatoms. The number of hydrogen-bond donors (Lipinski definition) is 2. The molecule has 4 nitrogen and oxygen atoms in total. The minimum atomic E-state index is 0.566. The van der Waals surface area contributed by atoms with Gasteiger partial charge in [-0.25, -0.2) is 0 Å². The number of nitrogens with one attached hydrogen (secondary N) is 1. The molecular weight excluding hydrogens is 240 g/mol. The van der Waals surface area contributed by atoms with Crippen LogP contribution >= 0.6 is 0 Å². The normalized spacial score (nSPS) is 13.1. The minimum absolute atomic E-state index is 0.566. The number of ether oxygens (including phenoxy) is 2. The molecule has 1 heterocycles. The zero-order valence-electron chi connectivity index (χ0n) is 10.8. The van der Waals surface area contributed by atoms with E-state index in [0.29, 0.717) is 24.7 Å². The Morgan fingerprint density at radius 1 is 1.00 bits per heavy atom. The lowest BCUT2D eigenvalue weighted by molar-refractivity contribution is 0.172. The molecule has 0 fully saturated rings. The van der Waals surface area contributed by atoms with Crippen LogP contribution in [0, 0.1) is 6.92 Å². The quantitative estimate of drug-likeness (QED) is 0.811. The van der Waals surface area contributed by atoms with E-state index in [0.717, 1.165) is 22.7 Å². The van der Waals surface area contributed by atoms with Crippen molar-refractivity contribution in [2.75, 3.05) is 24.3 Å². The van der Waals surface area contributed by atoms with Crippen LogP contribution in [0.1, 0.15) is 5.56 Å². The third-order valence-corrected chi connectivity index (χ3v) is 3.13. The molecule has 0 bridgehead atoms. The lowest BCUT2D eigenvalue weighted by Crippen LogP contribution is -2.15. The van der Waals surface area contributed by atoms with Crippen LogP contribution in [0.25, 0.3) is 0 Å². The SMILES string of the molecule is Cc1ccccc1Nc1cc2c(cc1N)OCCO2. The number of fused-ring (bicyclic) bond motifs is 1. The Hall–Kier alpha value is -2.36. The van der Waals surface area contributed by atoms with Gasteiger partial charge in [-0.2, -0.15) is 0 Å². The summed E-state index contributed by atoms with van der Waals surface area (Å²) in [6.45, 7) is 3.19. The molecule has 0 saturated heterocycles. The van der Waals surface area contributed by atoms with Crippen LogP contribution < -0.4 is 20.5 Å². The Labute approximate surface area is 112 Å². The van der Waals surface area contributed by atoms with Crippen LogP contribution in [-0.4, -0.2) is 13.2 Å². The molecule has 0 radical (unpaired) electrons. The van der Waals surface area contributed by atoms with Crippen LogP contribution in [0.3, 0.4) is 0 Å². The summed E-state index contributed by atoms with van der Waals surface area (Å²) >= 11 is 0. The molecule has 3 N–H and O–H groups in total. The number of rotatable bonds is 2. The lowest BCUT2D eigenvalue weighted by Gasteiger charge is -2.21. The second kappa shape index (κ2) is 4.72. The number of nitrogens with two attached hydrogens (primary N) is 1. The van der Waals surface area contributed by atoms with E-state index in [1.54, 1.807) is 6.07 Å². The highest BCUT2D eigenvalue weighted by Crippen LogP contribution is 2.38. The van der Waals surface area contributed by atoms with Gasteiger partial charge >= 0.3 is 0 Å². The highest BCUT2D eigenvalue weighted by molar-refractivity contribution is 5.77. The predicted octanol–water partition coefficient (Wildman–Crippen LogP) is 3.09. The Balaban J connectivity index is 1.95. The number of benzene rings is 2. The monoisotopic (exact) mass is 256 g/mol. The standard InChI is InChI=1S/C15H16N2O2/c1-10-4-2-3-5-12(10)17-13-9-15-14(8-11(13)16)18-6-7-19-15/h2-5,8-9,17H,6-7,16H2,1H3. The maximum Gasteiger partial charge on any atom is 0.163 e. The van der Waals surface area contributed by atoms with Crippen molar-refractivity contribution < 1.29 is 9.47 Å². The molecule has 0 amide bonds. The van der Waals surface area contributed by atoms with Crippen LogP contribution in [0.2, 0.25) is 0 Å². The zero-order chi connectivity index (χ0) is 13.2. The van der Waals surface area contributed by atoms with E-state index in [1.807, 2.05) is 24.3 Å². The van der Waals surface area contributed by atoms with Crippen LogP contribution in [0.5, 0.6) is 11.5 Å². The maximum atomic E-state index is 6.04. The first-order chi connectivity index (χ1) is 9.24. The average molecular weight is 256 g/mol. The summed E-state index contributed by atoms with van der Waals surface area (Å²) in [6.07, 6.45) is 0. The van der Waals surface area contributed by atoms with Gasteiger partial charge in [0.25, 0.3) is 0 Å². The Morgan fingerprint density at radius 2 is 1.68 bits per heavy atom. The fourth-order valence-electron chi connectivity index (χ4n) is 2.07. The van der Waals surface area contributed by atoms with Gasteiger partial charge < -0.3 is 20.5 Å². The van der Waals surface area contributed by atoms with E-state index in [1.165, 1.54) is 0 Å². The van der Waals surface area contributed by atoms with Crippen molar-refractivity contribution in [3.63, 3.8) is 0 Å². The van der Waals surface area contributed by atoms with Crippen molar-refractivity contribution in [3.8, 4) is 11.5 Å². The molecule has 1 aliphatic rings. The van der Waals surface area contributed by atoms with Gasteiger partial charge in [-0.3, -0.25) is 0 Å². The first-order valence-electron chi connectivity index (χ1n) is 6.26. The number of para-hydroxylation sites is 1. The summed E-state index contributed by atoms with van der Waals surface area (Å²) in [7, 11) is 0. The van der Waals surface area contributed by atoms with Gasteiger partial charge in [0.15, 0.2) is 11.5 Å². The van der Waals surface area contributed by atoms with Crippen LogP contribution in [0.15, 0.2) is 36.4 Å². The number of anilines is 3. The van der Waals surface area contributed by atoms with Crippen molar-refractivity contribution in [2.24, 2.45) is 0 Å². The molecule has 2 aromatic rings. The molecule has 98 valence electrons. The summed E-state index contributed by atoms with van der Waals surface area (Å²) in [6, 6.07) is 11.8. The largest absolute Gasteiger partial charge is 0.486 e. The molecule has 0 saturated carbocycles. The lowest BCUT2D eigenvalue weighted by atomic mass is 10.1. The minimum Gasteiger partial charge on any atom is -0.486 e. The van der Waals surface area contributed by atoms with Gasteiger partial charge in [0.05, 0.1) is 11.4 Å². The molecule has 2 aromatic carbocycles. The molecule has 0 atom stereocenters. The molecule has 0 unspecified atom stereocenters. The van der Waals surface area contributed by atoms with E-state index in [4.69, 9.17) is 15.2 Å². The predicted molar refractivity (Wildman–Crippen MR) is 76.3 cm³/mol. The molecule has 0 aromatic heterocycles. The first kappa shape index (κ1) is 11.7. The Morgan fingerprint density at radius 3 is 2.42 bits per heavy atom. The van der Waals surface area contributed by atoms with Crippen molar-refractivity contribution in [1.82, 2.24) is 0 Å². The second-order valence-electron chi connectivity index (χ2n) is 4.52. The molecule has 1 aliphatic heterocycles. The molecule has 19 heavy (non-hydrogen) atoms. The highest BCUT2D eigenvalue weighted by atomic mass is 16.6. The topological polar surface area (TPSA) is 56.5 Å². The van der Waals surface area contributed by atoms with E-state index < -0.39 is 0 Å². The van der Waals surface area contributed by atoms with Crippen LogP contribution in [-0.2, 0) is 0 Å². The summed E-state index contributed by atoms with van der Waals surface area (Å²) in [4.78, 5) is 0. The second-order valence-corrected chi connectivity index (χ2v) is 4.52. The van der Waals surface area contributed by atoms with Gasteiger partial charge in [0, 0.05) is 17.8 Å². The van der Waals surface area contributed by atoms with E-state index in [9.17, 15) is 0 Å². The third-order valence-electron chi connectivity index (χ3n) is 3.13. The van der Waals surface area contributed by atoms with Crippen molar-refractivity contribution >= 4 is 17.1 Å². The van der Waals surface area contributed by atoms with Crippen molar-refractivity contribution in [1.29, 1.82) is 0 Å². The first-order valence-corrected chi connectivity index (χ1v) is 6.26. The number of aryl methyl sites for hydroxylation is 1. The van der Waals surface area contributed by atoms with Gasteiger partial charge in [0.2, 0.25) is 0 Å². The Bertz CT molecular complexity index is 611. The van der Waals surface area contributed by atoms with E-state index >= 15 is 0 Å². The third kappa shape index (κ3) is 2.29. The van der Waals surface area contributed by atoms with Gasteiger partial charge in [-0.1, -0.05) is 18.2 Å².